The minimum atomic E-state index is -0.525. The van der Waals surface area contributed by atoms with Gasteiger partial charge in [-0.25, -0.2) is 14.4 Å². The smallest absolute Gasteiger partial charge is 0.248 e. The normalized spacial score (nSPS) is 19.7. The first-order valence-electron chi connectivity index (χ1n) is 12.7. The summed E-state index contributed by atoms with van der Waals surface area (Å²) >= 11 is 5.94. The fourth-order valence-electron chi connectivity index (χ4n) is 4.34. The Morgan fingerprint density at radius 3 is 2.92 bits per heavy atom. The molecule has 3 aromatic rings. The van der Waals surface area contributed by atoms with E-state index in [-0.39, 0.29) is 36.3 Å². The maximum absolute atomic E-state index is 13.6. The zero-order valence-corrected chi connectivity index (χ0v) is 21.9. The molecule has 0 spiro atoms. The van der Waals surface area contributed by atoms with Crippen molar-refractivity contribution in [2.45, 2.75) is 18.6 Å². The SMILES string of the molecule is O=C(/C=C/CN1CCC1CO)Nc1cc2c(Nc3ccc(F)c(Cl)c3)ncnc2cc1OCC1COCCO1. The fraction of sp³-hybridized carbons (Fsp3) is 0.370. The van der Waals surface area contributed by atoms with Crippen LogP contribution in [0.25, 0.3) is 10.9 Å². The van der Waals surface area contributed by atoms with E-state index in [0.29, 0.717) is 60.2 Å². The highest BCUT2D eigenvalue weighted by molar-refractivity contribution is 6.31. The van der Waals surface area contributed by atoms with Crippen LogP contribution in [0.15, 0.2) is 48.8 Å². The Morgan fingerprint density at radius 2 is 2.18 bits per heavy atom. The number of fused-ring (bicyclic) bond motifs is 1. The molecule has 3 heterocycles. The van der Waals surface area contributed by atoms with Gasteiger partial charge in [0.2, 0.25) is 5.91 Å². The van der Waals surface area contributed by atoms with Crippen LogP contribution in [0, 0.1) is 5.82 Å². The van der Waals surface area contributed by atoms with Gasteiger partial charge in [-0.3, -0.25) is 9.69 Å². The number of amides is 1. The summed E-state index contributed by atoms with van der Waals surface area (Å²) < 4.78 is 30.8. The Bertz CT molecular complexity index is 1350. The van der Waals surface area contributed by atoms with Crippen molar-refractivity contribution in [3.63, 3.8) is 0 Å². The molecule has 2 aromatic carbocycles. The Morgan fingerprint density at radius 1 is 1.28 bits per heavy atom. The number of aromatic nitrogens is 2. The van der Waals surface area contributed by atoms with Crippen molar-refractivity contribution in [2.75, 3.05) is 56.8 Å². The summed E-state index contributed by atoms with van der Waals surface area (Å²) in [6.07, 6.45) is 5.33. The second-order valence-electron chi connectivity index (χ2n) is 9.23. The molecule has 0 saturated carbocycles. The number of anilines is 3. The van der Waals surface area contributed by atoms with Gasteiger partial charge >= 0.3 is 0 Å². The van der Waals surface area contributed by atoms with E-state index in [0.717, 1.165) is 13.0 Å². The van der Waals surface area contributed by atoms with Gasteiger partial charge in [-0.05, 0) is 30.7 Å². The molecule has 1 amide bonds. The van der Waals surface area contributed by atoms with Crippen LogP contribution in [0.2, 0.25) is 5.02 Å². The van der Waals surface area contributed by atoms with E-state index in [1.165, 1.54) is 24.5 Å². The molecule has 10 nitrogen and oxygen atoms in total. The molecular formula is C27H29ClFN5O5. The van der Waals surface area contributed by atoms with E-state index >= 15 is 0 Å². The first-order valence-corrected chi connectivity index (χ1v) is 13.0. The van der Waals surface area contributed by atoms with Gasteiger partial charge in [-0.1, -0.05) is 17.7 Å². The number of nitrogens with zero attached hydrogens (tertiary/aromatic N) is 3. The summed E-state index contributed by atoms with van der Waals surface area (Å²) in [4.78, 5) is 23.6. The van der Waals surface area contributed by atoms with Crippen LogP contribution < -0.4 is 15.4 Å². The predicted molar refractivity (Wildman–Crippen MR) is 145 cm³/mol. The topological polar surface area (TPSA) is 118 Å². The molecule has 206 valence electrons. The largest absolute Gasteiger partial charge is 0.489 e. The number of hydrogen-bond acceptors (Lipinski definition) is 9. The van der Waals surface area contributed by atoms with Crippen molar-refractivity contribution in [1.29, 1.82) is 0 Å². The number of carbonyl (C=O) groups is 1. The van der Waals surface area contributed by atoms with Crippen LogP contribution in [0.5, 0.6) is 5.75 Å². The number of hydrogen-bond donors (Lipinski definition) is 3. The van der Waals surface area contributed by atoms with Crippen molar-refractivity contribution >= 4 is 45.6 Å². The number of halogens is 2. The van der Waals surface area contributed by atoms with Crippen LogP contribution >= 0.6 is 11.6 Å². The summed E-state index contributed by atoms with van der Waals surface area (Å²) in [5.41, 5.74) is 1.52. The number of likely N-dealkylation sites (tertiary alicyclic amines) is 1. The first kappa shape index (κ1) is 27.2. The third kappa shape index (κ3) is 6.81. The van der Waals surface area contributed by atoms with E-state index in [9.17, 15) is 14.3 Å². The zero-order valence-electron chi connectivity index (χ0n) is 21.1. The zero-order chi connectivity index (χ0) is 27.2. The van der Waals surface area contributed by atoms with Crippen molar-refractivity contribution in [1.82, 2.24) is 14.9 Å². The molecule has 12 heteroatoms. The Labute approximate surface area is 229 Å². The molecule has 1 aromatic heterocycles. The second kappa shape index (κ2) is 12.7. The molecule has 0 aliphatic carbocycles. The second-order valence-corrected chi connectivity index (χ2v) is 9.64. The molecule has 5 rings (SSSR count). The first-order chi connectivity index (χ1) is 19.0. The van der Waals surface area contributed by atoms with E-state index < -0.39 is 5.82 Å². The number of carbonyl (C=O) groups excluding carboxylic acids is 1. The average Bonchev–Trinajstić information content (AvgIpc) is 2.92. The molecule has 39 heavy (non-hydrogen) atoms. The third-order valence-electron chi connectivity index (χ3n) is 6.57. The lowest BCUT2D eigenvalue weighted by Crippen LogP contribution is -2.49. The van der Waals surface area contributed by atoms with Crippen LogP contribution in [0.3, 0.4) is 0 Å². The van der Waals surface area contributed by atoms with Crippen molar-refractivity contribution in [3.05, 3.63) is 59.7 Å². The minimum Gasteiger partial charge on any atom is -0.489 e. The number of rotatable bonds is 10. The average molecular weight is 558 g/mol. The van der Waals surface area contributed by atoms with Gasteiger partial charge in [0.05, 0.1) is 42.7 Å². The molecule has 2 unspecified atom stereocenters. The van der Waals surface area contributed by atoms with Crippen LogP contribution in [-0.4, -0.2) is 84.2 Å². The maximum atomic E-state index is 13.6. The van der Waals surface area contributed by atoms with Crippen molar-refractivity contribution < 1.29 is 28.5 Å². The summed E-state index contributed by atoms with van der Waals surface area (Å²) in [5, 5.41) is 16.0. The lowest BCUT2D eigenvalue weighted by Gasteiger charge is -2.39. The Kier molecular flexibility index (Phi) is 8.84. The van der Waals surface area contributed by atoms with Crippen LogP contribution in [-0.2, 0) is 14.3 Å². The predicted octanol–water partition coefficient (Wildman–Crippen LogP) is 3.52. The molecule has 0 radical (unpaired) electrons. The van der Waals surface area contributed by atoms with Crippen LogP contribution in [0.4, 0.5) is 21.6 Å². The number of benzene rings is 2. The Hall–Kier alpha value is -3.35. The maximum Gasteiger partial charge on any atom is 0.248 e. The Balaban J connectivity index is 1.39. The fourth-order valence-corrected chi connectivity index (χ4v) is 4.52. The standard InChI is InChI=1S/C27H29ClFN5O5/c28-21-10-17(3-4-22(21)29)32-27-20-11-24(33-26(36)2-1-6-34-7-5-18(34)13-35)25(12-23(20)30-16-31-27)39-15-19-14-37-8-9-38-19/h1-4,10-12,16,18-19,35H,5-9,13-15H2,(H,33,36)(H,30,31,32)/b2-1+. The summed E-state index contributed by atoms with van der Waals surface area (Å²) in [6, 6.07) is 7.85. The van der Waals surface area contributed by atoms with Crippen molar-refractivity contribution in [2.24, 2.45) is 0 Å². The third-order valence-corrected chi connectivity index (χ3v) is 6.86. The molecule has 2 atom stereocenters. The number of nitrogens with one attached hydrogen (secondary N) is 2. The van der Waals surface area contributed by atoms with Crippen molar-refractivity contribution in [3.8, 4) is 5.75 Å². The van der Waals surface area contributed by atoms with E-state index in [4.69, 9.17) is 25.8 Å². The van der Waals surface area contributed by atoms with Gasteiger partial charge in [0.1, 0.15) is 36.4 Å². The quantitative estimate of drug-likeness (QED) is 0.322. The molecule has 2 fully saturated rings. The number of aliphatic hydroxyl groups excluding tert-OH is 1. The molecule has 2 aliphatic rings. The summed E-state index contributed by atoms with van der Waals surface area (Å²) in [5.74, 6) is -0.00904. The molecular weight excluding hydrogens is 529 g/mol. The number of ether oxygens (including phenoxy) is 3. The molecule has 3 N–H and O–H groups in total. The molecule has 0 bridgehead atoms. The summed E-state index contributed by atoms with van der Waals surface area (Å²) in [6.45, 7) is 3.25. The van der Waals surface area contributed by atoms with E-state index in [1.807, 2.05) is 0 Å². The molecule has 2 saturated heterocycles. The van der Waals surface area contributed by atoms with Gasteiger partial charge in [-0.2, -0.15) is 0 Å². The van der Waals surface area contributed by atoms with Gasteiger partial charge in [0.15, 0.2) is 0 Å². The lowest BCUT2D eigenvalue weighted by atomic mass is 10.0. The minimum absolute atomic E-state index is 0.0220. The van der Waals surface area contributed by atoms with Crippen LogP contribution in [0.1, 0.15) is 6.42 Å². The summed E-state index contributed by atoms with van der Waals surface area (Å²) in [7, 11) is 0. The monoisotopic (exact) mass is 557 g/mol. The highest BCUT2D eigenvalue weighted by atomic mass is 35.5. The highest BCUT2D eigenvalue weighted by Crippen LogP contribution is 2.34. The lowest BCUT2D eigenvalue weighted by molar-refractivity contribution is -0.112. The van der Waals surface area contributed by atoms with E-state index in [2.05, 4.69) is 25.5 Å². The highest BCUT2D eigenvalue weighted by Gasteiger charge is 2.25. The van der Waals surface area contributed by atoms with Gasteiger partial charge in [0, 0.05) is 42.3 Å². The van der Waals surface area contributed by atoms with E-state index in [1.54, 1.807) is 24.3 Å². The number of aliphatic hydroxyl groups is 1. The van der Waals surface area contributed by atoms with Gasteiger partial charge in [0.25, 0.3) is 0 Å². The van der Waals surface area contributed by atoms with Gasteiger partial charge in [-0.15, -0.1) is 0 Å². The molecule has 2 aliphatic heterocycles. The van der Waals surface area contributed by atoms with Gasteiger partial charge < -0.3 is 30.0 Å².